The maximum absolute atomic E-state index is 13.2. The lowest BCUT2D eigenvalue weighted by molar-refractivity contribution is -0.111. The van der Waals surface area contributed by atoms with E-state index in [4.69, 9.17) is 4.74 Å². The molecule has 0 bridgehead atoms. The first-order valence-corrected chi connectivity index (χ1v) is 11.6. The van der Waals surface area contributed by atoms with Gasteiger partial charge >= 0.3 is 0 Å². The second-order valence-corrected chi connectivity index (χ2v) is 9.05. The van der Waals surface area contributed by atoms with E-state index >= 15 is 0 Å². The summed E-state index contributed by atoms with van der Waals surface area (Å²) in [7, 11) is -2.36. The summed E-state index contributed by atoms with van der Waals surface area (Å²) in [4.78, 5) is 13.3. The normalized spacial score (nSPS) is 11.4. The number of thiophene rings is 1. The van der Waals surface area contributed by atoms with Crippen LogP contribution in [0.3, 0.4) is 0 Å². The Kier molecular flexibility index (Phi) is 6.91. The molecule has 1 heterocycles. The predicted octanol–water partition coefficient (Wildman–Crippen LogP) is 4.62. The van der Waals surface area contributed by atoms with Gasteiger partial charge in [0.15, 0.2) is 0 Å². The summed E-state index contributed by atoms with van der Waals surface area (Å²) in [6, 6.07) is 17.1. The number of hydrogen-bond donors (Lipinski definition) is 1. The number of sulfonamides is 1. The number of hydrogen-bond acceptors (Lipinski definition) is 5. The topological polar surface area (TPSA) is 75.7 Å². The van der Waals surface area contributed by atoms with Gasteiger partial charge in [0.25, 0.3) is 10.0 Å². The van der Waals surface area contributed by atoms with Crippen LogP contribution in [0.2, 0.25) is 0 Å². The van der Waals surface area contributed by atoms with Crippen molar-refractivity contribution in [2.24, 2.45) is 0 Å². The van der Waals surface area contributed by atoms with E-state index in [1.165, 1.54) is 47.0 Å². The van der Waals surface area contributed by atoms with Crippen molar-refractivity contribution in [2.45, 2.75) is 11.8 Å². The van der Waals surface area contributed by atoms with Crippen molar-refractivity contribution < 1.29 is 17.9 Å². The third kappa shape index (κ3) is 4.90. The molecule has 0 unspecified atom stereocenters. The molecule has 2 aromatic carbocycles. The van der Waals surface area contributed by atoms with E-state index in [1.807, 2.05) is 23.6 Å². The lowest BCUT2D eigenvalue weighted by Crippen LogP contribution is -2.30. The number of carbonyl (C=O) groups excluding carboxylic acids is 1. The van der Waals surface area contributed by atoms with Gasteiger partial charge in [0.2, 0.25) is 5.91 Å². The molecule has 30 heavy (non-hydrogen) atoms. The third-order valence-electron chi connectivity index (χ3n) is 4.29. The Morgan fingerprint density at radius 1 is 1.13 bits per heavy atom. The van der Waals surface area contributed by atoms with Gasteiger partial charge in [0, 0.05) is 17.5 Å². The Balaban J connectivity index is 1.90. The van der Waals surface area contributed by atoms with Gasteiger partial charge in [0.05, 0.1) is 23.4 Å². The number of anilines is 2. The van der Waals surface area contributed by atoms with Gasteiger partial charge in [-0.1, -0.05) is 24.3 Å². The second-order valence-electron chi connectivity index (χ2n) is 6.21. The van der Waals surface area contributed by atoms with Gasteiger partial charge in [-0.15, -0.1) is 11.3 Å². The predicted molar refractivity (Wildman–Crippen MR) is 122 cm³/mol. The number of para-hydroxylation sites is 1. The first-order valence-electron chi connectivity index (χ1n) is 9.24. The monoisotopic (exact) mass is 442 g/mol. The van der Waals surface area contributed by atoms with Crippen LogP contribution >= 0.6 is 11.3 Å². The van der Waals surface area contributed by atoms with Crippen LogP contribution in [-0.2, 0) is 14.8 Å². The van der Waals surface area contributed by atoms with E-state index in [0.717, 1.165) is 4.88 Å². The average molecular weight is 443 g/mol. The molecular weight excluding hydrogens is 420 g/mol. The van der Waals surface area contributed by atoms with E-state index in [2.05, 4.69) is 5.32 Å². The highest BCUT2D eigenvalue weighted by Crippen LogP contribution is 2.30. The second kappa shape index (κ2) is 9.60. The molecule has 0 radical (unpaired) electrons. The first kappa shape index (κ1) is 21.6. The number of methoxy groups -OCH3 is 1. The van der Waals surface area contributed by atoms with E-state index in [1.54, 1.807) is 37.3 Å². The minimum atomic E-state index is -3.83. The Labute approximate surface area is 180 Å². The quantitative estimate of drug-likeness (QED) is 0.517. The molecule has 8 heteroatoms. The summed E-state index contributed by atoms with van der Waals surface area (Å²) >= 11 is 1.51. The van der Waals surface area contributed by atoms with Crippen LogP contribution in [0.4, 0.5) is 11.4 Å². The van der Waals surface area contributed by atoms with E-state index in [-0.39, 0.29) is 23.0 Å². The third-order valence-corrected chi connectivity index (χ3v) is 7.03. The van der Waals surface area contributed by atoms with E-state index in [0.29, 0.717) is 11.4 Å². The van der Waals surface area contributed by atoms with Gasteiger partial charge in [0.1, 0.15) is 5.75 Å². The van der Waals surface area contributed by atoms with Gasteiger partial charge < -0.3 is 10.1 Å². The average Bonchev–Trinajstić information content (AvgIpc) is 3.27. The molecule has 1 N–H and O–H groups in total. The van der Waals surface area contributed by atoms with Crippen LogP contribution in [0.25, 0.3) is 6.08 Å². The highest BCUT2D eigenvalue weighted by atomic mass is 32.2. The van der Waals surface area contributed by atoms with Gasteiger partial charge in [-0.2, -0.15) is 0 Å². The number of nitrogens with one attached hydrogen (secondary N) is 1. The summed E-state index contributed by atoms with van der Waals surface area (Å²) in [5.74, 6) is -0.0127. The number of benzene rings is 2. The molecular formula is C22H22N2O4S2. The fourth-order valence-electron chi connectivity index (χ4n) is 2.88. The fourth-order valence-corrected chi connectivity index (χ4v) is 4.99. The van der Waals surface area contributed by atoms with Crippen molar-refractivity contribution in [1.29, 1.82) is 0 Å². The van der Waals surface area contributed by atoms with Crippen LogP contribution < -0.4 is 14.4 Å². The summed E-state index contributed by atoms with van der Waals surface area (Å²) in [6.45, 7) is 2.04. The van der Waals surface area contributed by atoms with Crippen LogP contribution in [-0.4, -0.2) is 28.0 Å². The zero-order valence-electron chi connectivity index (χ0n) is 16.6. The number of ether oxygens (including phenoxy) is 1. The SMILES string of the molecule is CCN(c1ccccc1)S(=O)(=O)c1ccc(OC)c(NC(=O)/C=C/c2cccs2)c1. The summed E-state index contributed by atoms with van der Waals surface area (Å²) in [5, 5.41) is 4.62. The molecule has 156 valence electrons. The van der Waals surface area contributed by atoms with Crippen molar-refractivity contribution in [1.82, 2.24) is 0 Å². The molecule has 1 amide bonds. The highest BCUT2D eigenvalue weighted by Gasteiger charge is 2.25. The smallest absolute Gasteiger partial charge is 0.264 e. The molecule has 1 aromatic heterocycles. The van der Waals surface area contributed by atoms with Crippen LogP contribution in [0.15, 0.2) is 77.0 Å². The van der Waals surface area contributed by atoms with Gasteiger partial charge in [-0.05, 0) is 54.8 Å². The standard InChI is InChI=1S/C22H22N2O4S2/c1-3-24(17-8-5-4-6-9-17)30(26,27)19-12-13-21(28-2)20(16-19)23-22(25)14-11-18-10-7-15-29-18/h4-16H,3H2,1-2H3,(H,23,25)/b14-11+. The summed E-state index contributed by atoms with van der Waals surface area (Å²) in [5.41, 5.74) is 0.851. The lowest BCUT2D eigenvalue weighted by atomic mass is 10.3. The Morgan fingerprint density at radius 3 is 2.53 bits per heavy atom. The largest absolute Gasteiger partial charge is 0.495 e. The summed E-state index contributed by atoms with van der Waals surface area (Å²) in [6.07, 6.45) is 3.09. The van der Waals surface area contributed by atoms with Gasteiger partial charge in [-0.25, -0.2) is 8.42 Å². The highest BCUT2D eigenvalue weighted by molar-refractivity contribution is 7.92. The van der Waals surface area contributed by atoms with Crippen molar-refractivity contribution in [3.8, 4) is 5.75 Å². The Morgan fingerprint density at radius 2 is 1.90 bits per heavy atom. The summed E-state index contributed by atoms with van der Waals surface area (Å²) < 4.78 is 33.1. The number of carbonyl (C=O) groups is 1. The number of rotatable bonds is 8. The molecule has 6 nitrogen and oxygen atoms in total. The van der Waals surface area contributed by atoms with E-state index in [9.17, 15) is 13.2 Å². The van der Waals surface area contributed by atoms with Crippen molar-refractivity contribution in [3.63, 3.8) is 0 Å². The minimum Gasteiger partial charge on any atom is -0.495 e. The molecule has 0 saturated carbocycles. The van der Waals surface area contributed by atoms with E-state index < -0.39 is 10.0 Å². The van der Waals surface area contributed by atoms with Crippen LogP contribution in [0.1, 0.15) is 11.8 Å². The maximum Gasteiger partial charge on any atom is 0.264 e. The Bertz CT molecular complexity index is 1130. The van der Waals surface area contributed by atoms with Crippen molar-refractivity contribution in [3.05, 3.63) is 77.0 Å². The van der Waals surface area contributed by atoms with Crippen molar-refractivity contribution in [2.75, 3.05) is 23.3 Å². The number of amides is 1. The zero-order chi connectivity index (χ0) is 21.6. The fraction of sp³-hybridized carbons (Fsp3) is 0.136. The molecule has 0 spiro atoms. The molecule has 0 aliphatic rings. The molecule has 0 aliphatic carbocycles. The van der Waals surface area contributed by atoms with Crippen LogP contribution in [0.5, 0.6) is 5.75 Å². The Hall–Kier alpha value is -3.10. The first-order chi connectivity index (χ1) is 14.5. The lowest BCUT2D eigenvalue weighted by Gasteiger charge is -2.23. The molecule has 0 saturated heterocycles. The molecule has 0 aliphatic heterocycles. The number of nitrogens with zero attached hydrogens (tertiary/aromatic N) is 1. The molecule has 3 aromatic rings. The maximum atomic E-state index is 13.2. The van der Waals surface area contributed by atoms with Gasteiger partial charge in [-0.3, -0.25) is 9.10 Å². The van der Waals surface area contributed by atoms with Crippen LogP contribution in [0, 0.1) is 0 Å². The molecule has 0 fully saturated rings. The molecule has 3 rings (SSSR count). The zero-order valence-corrected chi connectivity index (χ0v) is 18.2. The minimum absolute atomic E-state index is 0.0616. The van der Waals surface area contributed by atoms with Crippen molar-refractivity contribution >= 4 is 44.7 Å². The molecule has 0 atom stereocenters.